The molecule has 0 aliphatic rings. The Morgan fingerprint density at radius 1 is 1.17 bits per heavy atom. The minimum absolute atomic E-state index is 0.150. The van der Waals surface area contributed by atoms with Gasteiger partial charge in [0.1, 0.15) is 15.6 Å². The fraction of sp³-hybridized carbons (Fsp3) is 0.312. The molecule has 0 radical (unpaired) electrons. The maximum atomic E-state index is 11.0. The van der Waals surface area contributed by atoms with Gasteiger partial charge in [-0.2, -0.15) is 0 Å². The Hall–Kier alpha value is -2.41. The summed E-state index contributed by atoms with van der Waals surface area (Å²) < 4.78 is 5.54. The van der Waals surface area contributed by atoms with Crippen LogP contribution in [0.4, 0.5) is 0 Å². The number of thiazole rings is 1. The molecule has 0 aliphatic heterocycles. The summed E-state index contributed by atoms with van der Waals surface area (Å²) in [6, 6.07) is 7.25. The van der Waals surface area contributed by atoms with Gasteiger partial charge < -0.3 is 14.9 Å². The highest BCUT2D eigenvalue weighted by Gasteiger charge is 2.14. The van der Waals surface area contributed by atoms with E-state index in [9.17, 15) is 9.59 Å². The first-order chi connectivity index (χ1) is 11.0. The van der Waals surface area contributed by atoms with E-state index >= 15 is 0 Å². The number of unbranched alkanes of at least 4 members (excludes halogenated alkanes) is 1. The second-order valence-corrected chi connectivity index (χ2v) is 5.96. The number of hydrogen-bond donors (Lipinski definition) is 2. The number of carbonyl (C=O) groups is 2. The third-order valence-electron chi connectivity index (χ3n) is 3.15. The molecule has 0 unspecified atom stereocenters. The summed E-state index contributed by atoms with van der Waals surface area (Å²) in [5.74, 6) is -1.07. The number of rotatable bonds is 8. The zero-order valence-corrected chi connectivity index (χ0v) is 13.4. The smallest absolute Gasteiger partial charge is 0.347 e. The third kappa shape index (κ3) is 4.79. The van der Waals surface area contributed by atoms with Crippen molar-refractivity contribution in [1.82, 2.24) is 4.98 Å². The number of benzene rings is 1. The van der Waals surface area contributed by atoms with Crippen molar-refractivity contribution >= 4 is 23.3 Å². The standard InChI is InChI=1S/C16H17NO5S/c1-10-14(16(20)21)23-15(17-10)11-5-7-12(8-6-11)22-9-3-2-4-13(18)19/h5-8H,2-4,9H2,1H3,(H,18,19)(H,20,21). The first-order valence-electron chi connectivity index (χ1n) is 7.13. The van der Waals surface area contributed by atoms with E-state index in [2.05, 4.69) is 4.98 Å². The summed E-state index contributed by atoms with van der Waals surface area (Å²) in [6.07, 6.45) is 1.42. The van der Waals surface area contributed by atoms with Gasteiger partial charge in [0.05, 0.1) is 12.3 Å². The van der Waals surface area contributed by atoms with Crippen molar-refractivity contribution in [2.45, 2.75) is 26.2 Å². The van der Waals surface area contributed by atoms with Crippen molar-refractivity contribution in [2.75, 3.05) is 6.61 Å². The summed E-state index contributed by atoms with van der Waals surface area (Å²) in [5, 5.41) is 18.3. The Balaban J connectivity index is 1.93. The second-order valence-electron chi connectivity index (χ2n) is 4.96. The number of aliphatic carboxylic acids is 1. The summed E-state index contributed by atoms with van der Waals surface area (Å²) >= 11 is 1.15. The number of aromatic nitrogens is 1. The Kier molecular flexibility index (Phi) is 5.70. The molecule has 0 spiro atoms. The molecule has 0 atom stereocenters. The van der Waals surface area contributed by atoms with E-state index in [0.29, 0.717) is 35.9 Å². The maximum Gasteiger partial charge on any atom is 0.347 e. The molecule has 2 rings (SSSR count). The number of carboxylic acid groups (broad SMARTS) is 2. The van der Waals surface area contributed by atoms with Crippen LogP contribution < -0.4 is 4.74 Å². The molecule has 1 aromatic carbocycles. The molecule has 0 saturated heterocycles. The van der Waals surface area contributed by atoms with E-state index in [-0.39, 0.29) is 11.3 Å². The quantitative estimate of drug-likeness (QED) is 0.717. The van der Waals surface area contributed by atoms with Crippen molar-refractivity contribution in [3.8, 4) is 16.3 Å². The lowest BCUT2D eigenvalue weighted by molar-refractivity contribution is -0.137. The molecular weight excluding hydrogens is 318 g/mol. The molecule has 0 amide bonds. The predicted molar refractivity (Wildman–Crippen MR) is 86.2 cm³/mol. The van der Waals surface area contributed by atoms with Crippen LogP contribution in [0.15, 0.2) is 24.3 Å². The lowest BCUT2D eigenvalue weighted by Crippen LogP contribution is -2.00. The average molecular weight is 335 g/mol. The summed E-state index contributed by atoms with van der Waals surface area (Å²) in [6.45, 7) is 2.14. The molecule has 0 aliphatic carbocycles. The van der Waals surface area contributed by atoms with Crippen molar-refractivity contribution in [1.29, 1.82) is 0 Å². The molecule has 6 nitrogen and oxygen atoms in total. The summed E-state index contributed by atoms with van der Waals surface area (Å²) in [7, 11) is 0. The minimum Gasteiger partial charge on any atom is -0.494 e. The molecular formula is C16H17NO5S. The van der Waals surface area contributed by atoms with Gasteiger partial charge in [-0.15, -0.1) is 11.3 Å². The highest BCUT2D eigenvalue weighted by Crippen LogP contribution is 2.29. The highest BCUT2D eigenvalue weighted by molar-refractivity contribution is 7.17. The highest BCUT2D eigenvalue weighted by atomic mass is 32.1. The van der Waals surface area contributed by atoms with Gasteiger partial charge in [0.15, 0.2) is 0 Å². The van der Waals surface area contributed by atoms with Crippen LogP contribution in [0.25, 0.3) is 10.6 Å². The van der Waals surface area contributed by atoms with E-state index < -0.39 is 11.9 Å². The zero-order chi connectivity index (χ0) is 16.8. The first kappa shape index (κ1) is 17.0. The van der Waals surface area contributed by atoms with Crippen LogP contribution >= 0.6 is 11.3 Å². The van der Waals surface area contributed by atoms with Gasteiger partial charge in [-0.1, -0.05) is 0 Å². The third-order valence-corrected chi connectivity index (χ3v) is 4.34. The van der Waals surface area contributed by atoms with Crippen molar-refractivity contribution in [3.05, 3.63) is 34.8 Å². The van der Waals surface area contributed by atoms with Crippen LogP contribution in [-0.4, -0.2) is 33.7 Å². The fourth-order valence-electron chi connectivity index (χ4n) is 1.98. The van der Waals surface area contributed by atoms with Gasteiger partial charge in [0, 0.05) is 12.0 Å². The normalized spacial score (nSPS) is 10.5. The van der Waals surface area contributed by atoms with Gasteiger partial charge in [0.25, 0.3) is 0 Å². The van der Waals surface area contributed by atoms with Crippen LogP contribution in [0.2, 0.25) is 0 Å². The predicted octanol–water partition coefficient (Wildman–Crippen LogP) is 3.45. The number of carboxylic acids is 2. The SMILES string of the molecule is Cc1nc(-c2ccc(OCCCCC(=O)O)cc2)sc1C(=O)O. The van der Waals surface area contributed by atoms with Crippen molar-refractivity contribution < 1.29 is 24.5 Å². The number of aryl methyl sites for hydroxylation is 1. The van der Waals surface area contributed by atoms with Crippen LogP contribution in [0.3, 0.4) is 0 Å². The van der Waals surface area contributed by atoms with E-state index in [0.717, 1.165) is 16.9 Å². The van der Waals surface area contributed by atoms with Crippen LogP contribution in [-0.2, 0) is 4.79 Å². The van der Waals surface area contributed by atoms with E-state index in [4.69, 9.17) is 14.9 Å². The van der Waals surface area contributed by atoms with Crippen LogP contribution in [0, 0.1) is 6.92 Å². The van der Waals surface area contributed by atoms with E-state index in [1.807, 2.05) is 12.1 Å². The molecule has 0 fully saturated rings. The summed E-state index contributed by atoms with van der Waals surface area (Å²) in [4.78, 5) is 26.0. The van der Waals surface area contributed by atoms with Gasteiger partial charge in [-0.3, -0.25) is 4.79 Å². The first-order valence-corrected chi connectivity index (χ1v) is 7.95. The molecule has 1 heterocycles. The van der Waals surface area contributed by atoms with Gasteiger partial charge in [-0.05, 0) is 44.0 Å². The maximum absolute atomic E-state index is 11.0. The van der Waals surface area contributed by atoms with Crippen molar-refractivity contribution in [3.63, 3.8) is 0 Å². The number of aromatic carboxylic acids is 1. The number of hydrogen-bond acceptors (Lipinski definition) is 5. The average Bonchev–Trinajstić information content (AvgIpc) is 2.89. The van der Waals surface area contributed by atoms with Crippen LogP contribution in [0.5, 0.6) is 5.75 Å². The van der Waals surface area contributed by atoms with Gasteiger partial charge in [-0.25, -0.2) is 9.78 Å². The lowest BCUT2D eigenvalue weighted by Gasteiger charge is -2.06. The largest absolute Gasteiger partial charge is 0.494 e. The Morgan fingerprint density at radius 2 is 1.87 bits per heavy atom. The fourth-order valence-corrected chi connectivity index (χ4v) is 2.89. The van der Waals surface area contributed by atoms with E-state index in [1.54, 1.807) is 19.1 Å². The Morgan fingerprint density at radius 3 is 2.43 bits per heavy atom. The monoisotopic (exact) mass is 335 g/mol. The van der Waals surface area contributed by atoms with Gasteiger partial charge >= 0.3 is 11.9 Å². The van der Waals surface area contributed by atoms with Gasteiger partial charge in [0.2, 0.25) is 0 Å². The molecule has 0 bridgehead atoms. The molecule has 7 heteroatoms. The van der Waals surface area contributed by atoms with E-state index in [1.165, 1.54) is 0 Å². The Labute approximate surface area is 137 Å². The molecule has 23 heavy (non-hydrogen) atoms. The zero-order valence-electron chi connectivity index (χ0n) is 12.6. The second kappa shape index (κ2) is 7.73. The molecule has 122 valence electrons. The molecule has 1 aromatic heterocycles. The summed E-state index contributed by atoms with van der Waals surface area (Å²) in [5.41, 5.74) is 1.35. The lowest BCUT2D eigenvalue weighted by atomic mass is 10.2. The molecule has 0 saturated carbocycles. The minimum atomic E-state index is -0.965. The number of nitrogens with zero attached hydrogens (tertiary/aromatic N) is 1. The topological polar surface area (TPSA) is 96.7 Å². The van der Waals surface area contributed by atoms with Crippen molar-refractivity contribution in [2.24, 2.45) is 0 Å². The molecule has 2 N–H and O–H groups in total. The Bertz CT molecular complexity index is 693. The number of ether oxygens (including phenoxy) is 1. The van der Waals surface area contributed by atoms with Crippen LogP contribution in [0.1, 0.15) is 34.6 Å². The molecule has 2 aromatic rings.